The number of nitrogens with one attached hydrogen (secondary N) is 1. The summed E-state index contributed by atoms with van der Waals surface area (Å²) >= 11 is 0. The zero-order chi connectivity index (χ0) is 18.1. The van der Waals surface area contributed by atoms with Gasteiger partial charge in [-0.2, -0.15) is 0 Å². The van der Waals surface area contributed by atoms with E-state index in [1.807, 2.05) is 36.8 Å². The fourth-order valence-corrected chi connectivity index (χ4v) is 3.50. The van der Waals surface area contributed by atoms with Gasteiger partial charge in [-0.1, -0.05) is 0 Å². The molecule has 0 unspecified atom stereocenters. The first-order valence-corrected chi connectivity index (χ1v) is 8.47. The molecule has 136 valence electrons. The van der Waals surface area contributed by atoms with Gasteiger partial charge in [0.05, 0.1) is 17.7 Å². The number of likely N-dealkylation sites (tertiary alicyclic amines) is 1. The van der Waals surface area contributed by atoms with Crippen molar-refractivity contribution in [2.45, 2.75) is 18.6 Å². The number of rotatable bonds is 4. The highest BCUT2D eigenvalue weighted by Gasteiger charge is 2.35. The number of fused-ring (bicyclic) bond motifs is 1. The lowest BCUT2D eigenvalue weighted by Crippen LogP contribution is -2.41. The van der Waals surface area contributed by atoms with E-state index in [2.05, 4.69) is 5.32 Å². The van der Waals surface area contributed by atoms with Gasteiger partial charge in [0.2, 0.25) is 0 Å². The summed E-state index contributed by atoms with van der Waals surface area (Å²) in [6.07, 6.45) is 2.12. The predicted octanol–water partition coefficient (Wildman–Crippen LogP) is 1.18. The molecule has 0 spiro atoms. The number of hydrogen-bond donors (Lipinski definition) is 2. The van der Waals surface area contributed by atoms with E-state index < -0.39 is 6.10 Å². The van der Waals surface area contributed by atoms with E-state index >= 15 is 0 Å². The van der Waals surface area contributed by atoms with E-state index in [0.717, 1.165) is 16.5 Å². The minimum Gasteiger partial charge on any atom is -0.390 e. The van der Waals surface area contributed by atoms with Crippen LogP contribution in [-0.4, -0.2) is 71.4 Å². The Morgan fingerprint density at radius 2 is 2.16 bits per heavy atom. The molecular weight excluding hydrogens is 323 g/mol. The lowest BCUT2D eigenvalue weighted by molar-refractivity contribution is 0.113. The first-order valence-electron chi connectivity index (χ1n) is 8.47. The molecule has 3 rings (SSSR count). The zero-order valence-corrected chi connectivity index (χ0v) is 14.9. The number of carbonyl (C=O) groups is 1. The number of carbonyl (C=O) groups excluding carboxylic acids is 1. The Kier molecular flexibility index (Phi) is 4.96. The molecule has 0 aliphatic carbocycles. The van der Waals surface area contributed by atoms with Gasteiger partial charge in [0.1, 0.15) is 5.82 Å². The predicted molar refractivity (Wildman–Crippen MR) is 95.0 cm³/mol. The van der Waals surface area contributed by atoms with Gasteiger partial charge in [-0.25, -0.2) is 9.18 Å². The van der Waals surface area contributed by atoms with Crippen molar-refractivity contribution in [2.75, 3.05) is 33.7 Å². The van der Waals surface area contributed by atoms with E-state index in [1.165, 1.54) is 12.1 Å². The van der Waals surface area contributed by atoms with Crippen LogP contribution < -0.4 is 5.32 Å². The molecule has 0 radical (unpaired) electrons. The van der Waals surface area contributed by atoms with Crippen molar-refractivity contribution < 1.29 is 14.3 Å². The number of β-amino-alcohol motifs (C(OH)–C–C–N with tert-alkyl or cyclic N) is 1. The smallest absolute Gasteiger partial charge is 0.317 e. The van der Waals surface area contributed by atoms with Crippen LogP contribution in [0.4, 0.5) is 9.18 Å². The maximum atomic E-state index is 13.4. The fraction of sp³-hybridized carbons (Fsp3) is 0.500. The first-order chi connectivity index (χ1) is 11.9. The van der Waals surface area contributed by atoms with Crippen LogP contribution >= 0.6 is 0 Å². The quantitative estimate of drug-likeness (QED) is 0.872. The monoisotopic (exact) mass is 348 g/mol. The van der Waals surface area contributed by atoms with Crippen molar-refractivity contribution in [2.24, 2.45) is 7.05 Å². The summed E-state index contributed by atoms with van der Waals surface area (Å²) in [6.45, 7) is 1.37. The molecule has 7 heteroatoms. The lowest BCUT2D eigenvalue weighted by Gasteiger charge is -2.21. The molecule has 1 saturated heterocycles. The fourth-order valence-electron chi connectivity index (χ4n) is 3.50. The summed E-state index contributed by atoms with van der Waals surface area (Å²) in [4.78, 5) is 15.9. The van der Waals surface area contributed by atoms with Crippen molar-refractivity contribution >= 4 is 16.9 Å². The molecule has 2 amide bonds. The number of benzene rings is 1. The van der Waals surface area contributed by atoms with Gasteiger partial charge in [0.15, 0.2) is 0 Å². The molecule has 0 saturated carbocycles. The highest BCUT2D eigenvalue weighted by atomic mass is 19.1. The van der Waals surface area contributed by atoms with Crippen LogP contribution in [0.25, 0.3) is 10.9 Å². The standard InChI is InChI=1S/C18H25FN4O2/c1-21(2)16-10-23(11-17(16)24)18(25)20-7-6-12-9-22(3)15-8-13(19)4-5-14(12)15/h4-5,8-9,16-17,24H,6-7,10-11H2,1-3H3,(H,20,25)/t16-,17-/m0/s1. The van der Waals surface area contributed by atoms with Crippen molar-refractivity contribution in [1.29, 1.82) is 0 Å². The minimum absolute atomic E-state index is 0.0290. The topological polar surface area (TPSA) is 60.7 Å². The molecule has 1 fully saturated rings. The van der Waals surface area contributed by atoms with Crippen LogP contribution in [0.2, 0.25) is 0 Å². The molecule has 0 bridgehead atoms. The van der Waals surface area contributed by atoms with Gasteiger partial charge in [-0.05, 0) is 44.3 Å². The van der Waals surface area contributed by atoms with Gasteiger partial charge in [-0.3, -0.25) is 0 Å². The molecule has 2 aromatic rings. The Morgan fingerprint density at radius 1 is 1.40 bits per heavy atom. The van der Waals surface area contributed by atoms with Crippen LogP contribution in [0.15, 0.2) is 24.4 Å². The molecular formula is C18H25FN4O2. The average Bonchev–Trinajstić information content (AvgIpc) is 3.08. The number of aryl methyl sites for hydroxylation is 1. The molecule has 1 aromatic heterocycles. The zero-order valence-electron chi connectivity index (χ0n) is 14.9. The van der Waals surface area contributed by atoms with Crippen LogP contribution in [0.3, 0.4) is 0 Å². The Balaban J connectivity index is 1.58. The molecule has 6 nitrogen and oxygen atoms in total. The summed E-state index contributed by atoms with van der Waals surface area (Å²) in [5.41, 5.74) is 1.92. The maximum absolute atomic E-state index is 13.4. The Hall–Kier alpha value is -2.12. The second kappa shape index (κ2) is 7.01. The Labute approximate surface area is 146 Å². The molecule has 2 N–H and O–H groups in total. The first kappa shape index (κ1) is 17.7. The number of amides is 2. The van der Waals surface area contributed by atoms with Gasteiger partial charge in [0.25, 0.3) is 0 Å². The molecule has 1 aliphatic rings. The lowest BCUT2D eigenvalue weighted by atomic mass is 10.1. The second-order valence-corrected chi connectivity index (χ2v) is 6.91. The minimum atomic E-state index is -0.520. The van der Waals surface area contributed by atoms with Gasteiger partial charge >= 0.3 is 6.03 Å². The van der Waals surface area contributed by atoms with Crippen molar-refractivity contribution in [1.82, 2.24) is 19.7 Å². The van der Waals surface area contributed by atoms with Crippen molar-refractivity contribution in [3.8, 4) is 0 Å². The van der Waals surface area contributed by atoms with E-state index in [-0.39, 0.29) is 17.9 Å². The highest BCUT2D eigenvalue weighted by molar-refractivity contribution is 5.84. The molecule has 2 atom stereocenters. The van der Waals surface area contributed by atoms with E-state index in [0.29, 0.717) is 26.1 Å². The van der Waals surface area contributed by atoms with Gasteiger partial charge in [-0.15, -0.1) is 0 Å². The van der Waals surface area contributed by atoms with Crippen LogP contribution in [0.1, 0.15) is 5.56 Å². The Bertz CT molecular complexity index is 774. The van der Waals surface area contributed by atoms with Gasteiger partial charge in [0, 0.05) is 38.3 Å². The SMILES string of the molecule is CN(C)[C@H]1CN(C(=O)NCCc2cn(C)c3cc(F)ccc23)C[C@@H]1O. The van der Waals surface area contributed by atoms with Crippen molar-refractivity contribution in [3.05, 3.63) is 35.8 Å². The Morgan fingerprint density at radius 3 is 2.84 bits per heavy atom. The van der Waals surface area contributed by atoms with E-state index in [4.69, 9.17) is 0 Å². The highest BCUT2D eigenvalue weighted by Crippen LogP contribution is 2.22. The largest absolute Gasteiger partial charge is 0.390 e. The summed E-state index contributed by atoms with van der Waals surface area (Å²) in [5.74, 6) is -0.253. The molecule has 1 aromatic carbocycles. The number of urea groups is 1. The van der Waals surface area contributed by atoms with E-state index in [9.17, 15) is 14.3 Å². The number of halogens is 1. The number of aliphatic hydroxyl groups excluding tert-OH is 1. The third-order valence-corrected chi connectivity index (χ3v) is 4.92. The van der Waals surface area contributed by atoms with Crippen LogP contribution in [0.5, 0.6) is 0 Å². The van der Waals surface area contributed by atoms with E-state index in [1.54, 1.807) is 11.0 Å². The molecule has 25 heavy (non-hydrogen) atoms. The van der Waals surface area contributed by atoms with Crippen molar-refractivity contribution in [3.63, 3.8) is 0 Å². The number of nitrogens with zero attached hydrogens (tertiary/aromatic N) is 3. The maximum Gasteiger partial charge on any atom is 0.317 e. The summed E-state index contributed by atoms with van der Waals surface area (Å²) in [7, 11) is 5.69. The van der Waals surface area contributed by atoms with Crippen LogP contribution in [-0.2, 0) is 13.5 Å². The normalized spacial score (nSPS) is 20.6. The average molecular weight is 348 g/mol. The summed E-state index contributed by atoms with van der Waals surface area (Å²) < 4.78 is 15.3. The summed E-state index contributed by atoms with van der Waals surface area (Å²) in [6, 6.07) is 4.57. The third kappa shape index (κ3) is 3.62. The third-order valence-electron chi connectivity index (χ3n) is 4.92. The number of hydrogen-bond acceptors (Lipinski definition) is 3. The second-order valence-electron chi connectivity index (χ2n) is 6.91. The van der Waals surface area contributed by atoms with Gasteiger partial charge < -0.3 is 24.8 Å². The molecule has 2 heterocycles. The number of aromatic nitrogens is 1. The number of aliphatic hydroxyl groups is 1. The van der Waals surface area contributed by atoms with Crippen LogP contribution in [0, 0.1) is 5.82 Å². The number of likely N-dealkylation sites (N-methyl/N-ethyl adjacent to an activating group) is 1. The summed E-state index contributed by atoms with van der Waals surface area (Å²) in [5, 5.41) is 13.9. The molecule has 1 aliphatic heterocycles.